The van der Waals surface area contributed by atoms with E-state index in [1.165, 1.54) is 0 Å². The summed E-state index contributed by atoms with van der Waals surface area (Å²) in [6.07, 6.45) is -0.876. The number of rotatable bonds is 7. The minimum absolute atomic E-state index is 0.0672. The Hall–Kier alpha value is -2.47. The molecule has 1 aromatic heterocycles. The van der Waals surface area contributed by atoms with Crippen molar-refractivity contribution in [3.8, 4) is 11.5 Å². The van der Waals surface area contributed by atoms with Crippen LogP contribution in [-0.4, -0.2) is 31.3 Å². The first kappa shape index (κ1) is 15.9. The molecule has 1 aromatic carbocycles. The number of carbonyl (C=O) groups excluding carboxylic acids is 1. The van der Waals surface area contributed by atoms with Crippen LogP contribution >= 0.6 is 0 Å². The number of nitrogens with one attached hydrogen (secondary N) is 1. The summed E-state index contributed by atoms with van der Waals surface area (Å²) in [5.41, 5.74) is 0. The van der Waals surface area contributed by atoms with Crippen molar-refractivity contribution >= 4 is 5.91 Å². The van der Waals surface area contributed by atoms with Crippen molar-refractivity contribution in [1.82, 2.24) is 5.32 Å². The SMILES string of the molecule is COc1ccc(OCC(=O)NCC(O)c2ccc(C)o2)cc1. The molecule has 0 saturated carbocycles. The third-order valence-electron chi connectivity index (χ3n) is 3.01. The van der Waals surface area contributed by atoms with Crippen LogP contribution in [0, 0.1) is 6.92 Å². The monoisotopic (exact) mass is 305 g/mol. The lowest BCUT2D eigenvalue weighted by Gasteiger charge is -2.10. The molecule has 22 heavy (non-hydrogen) atoms. The molecule has 1 unspecified atom stereocenters. The molecule has 0 radical (unpaired) electrons. The average molecular weight is 305 g/mol. The van der Waals surface area contributed by atoms with Gasteiger partial charge in [-0.15, -0.1) is 0 Å². The molecule has 1 atom stereocenters. The van der Waals surface area contributed by atoms with E-state index in [9.17, 15) is 9.90 Å². The van der Waals surface area contributed by atoms with Crippen molar-refractivity contribution in [3.05, 3.63) is 47.9 Å². The van der Waals surface area contributed by atoms with E-state index in [-0.39, 0.29) is 19.1 Å². The second-order valence-electron chi connectivity index (χ2n) is 4.73. The molecule has 0 aliphatic rings. The highest BCUT2D eigenvalue weighted by Crippen LogP contribution is 2.17. The van der Waals surface area contributed by atoms with E-state index in [1.807, 2.05) is 0 Å². The Labute approximate surface area is 128 Å². The van der Waals surface area contributed by atoms with Crippen LogP contribution in [0.5, 0.6) is 11.5 Å². The number of hydrogen-bond donors (Lipinski definition) is 2. The second-order valence-corrected chi connectivity index (χ2v) is 4.73. The van der Waals surface area contributed by atoms with E-state index >= 15 is 0 Å². The van der Waals surface area contributed by atoms with Crippen LogP contribution in [0.15, 0.2) is 40.8 Å². The maximum absolute atomic E-state index is 11.7. The molecule has 2 N–H and O–H groups in total. The molecule has 118 valence electrons. The average Bonchev–Trinajstić information content (AvgIpc) is 2.97. The number of carbonyl (C=O) groups is 1. The quantitative estimate of drug-likeness (QED) is 0.815. The number of furan rings is 1. The molecule has 0 aliphatic carbocycles. The van der Waals surface area contributed by atoms with Crippen LogP contribution in [0.2, 0.25) is 0 Å². The van der Waals surface area contributed by atoms with E-state index in [1.54, 1.807) is 50.4 Å². The Morgan fingerprint density at radius 1 is 1.23 bits per heavy atom. The molecule has 1 amide bonds. The van der Waals surface area contributed by atoms with Crippen molar-refractivity contribution in [3.63, 3.8) is 0 Å². The zero-order chi connectivity index (χ0) is 15.9. The highest BCUT2D eigenvalue weighted by atomic mass is 16.5. The maximum atomic E-state index is 11.7. The van der Waals surface area contributed by atoms with Gasteiger partial charge in [0, 0.05) is 0 Å². The van der Waals surface area contributed by atoms with Gasteiger partial charge < -0.3 is 24.3 Å². The minimum Gasteiger partial charge on any atom is -0.497 e. The number of aryl methyl sites for hydroxylation is 1. The summed E-state index contributed by atoms with van der Waals surface area (Å²) < 4.78 is 15.7. The summed E-state index contributed by atoms with van der Waals surface area (Å²) in [6.45, 7) is 1.73. The minimum atomic E-state index is -0.876. The molecule has 0 fully saturated rings. The molecule has 6 heteroatoms. The van der Waals surface area contributed by atoms with Crippen LogP contribution < -0.4 is 14.8 Å². The van der Waals surface area contributed by atoms with Gasteiger partial charge in [-0.05, 0) is 43.3 Å². The van der Waals surface area contributed by atoms with Gasteiger partial charge in [0.2, 0.25) is 0 Å². The largest absolute Gasteiger partial charge is 0.497 e. The van der Waals surface area contributed by atoms with Gasteiger partial charge in [0.1, 0.15) is 29.1 Å². The predicted octanol–water partition coefficient (Wildman–Crippen LogP) is 1.83. The van der Waals surface area contributed by atoms with Crippen LogP contribution in [-0.2, 0) is 4.79 Å². The van der Waals surface area contributed by atoms with Crippen LogP contribution in [0.4, 0.5) is 0 Å². The summed E-state index contributed by atoms with van der Waals surface area (Å²) in [5.74, 6) is 2.10. The molecular weight excluding hydrogens is 286 g/mol. The molecule has 0 spiro atoms. The zero-order valence-corrected chi connectivity index (χ0v) is 12.5. The van der Waals surface area contributed by atoms with Gasteiger partial charge in [-0.3, -0.25) is 4.79 Å². The lowest BCUT2D eigenvalue weighted by atomic mass is 10.3. The van der Waals surface area contributed by atoms with Gasteiger partial charge in [-0.25, -0.2) is 0 Å². The number of methoxy groups -OCH3 is 1. The van der Waals surface area contributed by atoms with Crippen molar-refractivity contribution in [1.29, 1.82) is 0 Å². The van der Waals surface area contributed by atoms with Crippen molar-refractivity contribution < 1.29 is 23.8 Å². The Morgan fingerprint density at radius 3 is 2.50 bits per heavy atom. The number of benzene rings is 1. The number of hydrogen-bond acceptors (Lipinski definition) is 5. The molecule has 2 rings (SSSR count). The molecule has 6 nitrogen and oxygen atoms in total. The van der Waals surface area contributed by atoms with Gasteiger partial charge in [-0.1, -0.05) is 0 Å². The normalized spacial score (nSPS) is 11.8. The van der Waals surface area contributed by atoms with Gasteiger partial charge >= 0.3 is 0 Å². The lowest BCUT2D eigenvalue weighted by Crippen LogP contribution is -2.32. The van der Waals surface area contributed by atoms with Gasteiger partial charge in [0.25, 0.3) is 5.91 Å². The van der Waals surface area contributed by atoms with Crippen molar-refractivity contribution in [2.24, 2.45) is 0 Å². The number of amides is 1. The smallest absolute Gasteiger partial charge is 0.258 e. The summed E-state index contributed by atoms with van der Waals surface area (Å²) in [5, 5.41) is 12.4. The molecule has 1 heterocycles. The summed E-state index contributed by atoms with van der Waals surface area (Å²) in [7, 11) is 1.58. The summed E-state index contributed by atoms with van der Waals surface area (Å²) in [6, 6.07) is 10.4. The molecular formula is C16H19NO5. The fourth-order valence-corrected chi connectivity index (χ4v) is 1.82. The lowest BCUT2D eigenvalue weighted by molar-refractivity contribution is -0.123. The van der Waals surface area contributed by atoms with Crippen molar-refractivity contribution in [2.75, 3.05) is 20.3 Å². The van der Waals surface area contributed by atoms with E-state index in [2.05, 4.69) is 5.32 Å². The van der Waals surface area contributed by atoms with Crippen LogP contribution in [0.3, 0.4) is 0 Å². The van der Waals surface area contributed by atoms with E-state index in [0.29, 0.717) is 23.0 Å². The number of aliphatic hydroxyl groups excluding tert-OH is 1. The molecule has 2 aromatic rings. The predicted molar refractivity (Wildman–Crippen MR) is 79.9 cm³/mol. The van der Waals surface area contributed by atoms with E-state index in [4.69, 9.17) is 13.9 Å². The highest BCUT2D eigenvalue weighted by molar-refractivity contribution is 5.77. The first-order valence-corrected chi connectivity index (χ1v) is 6.86. The summed E-state index contributed by atoms with van der Waals surface area (Å²) in [4.78, 5) is 11.7. The van der Waals surface area contributed by atoms with Crippen LogP contribution in [0.25, 0.3) is 0 Å². The standard InChI is InChI=1S/C16H19NO5/c1-11-3-8-15(22-11)14(18)9-17-16(19)10-21-13-6-4-12(20-2)5-7-13/h3-8,14,18H,9-10H2,1-2H3,(H,17,19). The maximum Gasteiger partial charge on any atom is 0.258 e. The first-order valence-electron chi connectivity index (χ1n) is 6.86. The third-order valence-corrected chi connectivity index (χ3v) is 3.01. The van der Waals surface area contributed by atoms with Crippen molar-refractivity contribution in [2.45, 2.75) is 13.0 Å². The third kappa shape index (κ3) is 4.53. The Bertz CT molecular complexity index is 605. The highest BCUT2D eigenvalue weighted by Gasteiger charge is 2.13. The Balaban J connectivity index is 1.73. The van der Waals surface area contributed by atoms with E-state index < -0.39 is 6.10 Å². The zero-order valence-electron chi connectivity index (χ0n) is 12.5. The van der Waals surface area contributed by atoms with Gasteiger partial charge in [0.15, 0.2) is 6.61 Å². The topological polar surface area (TPSA) is 80.9 Å². The molecule has 0 saturated heterocycles. The molecule has 0 aliphatic heterocycles. The fourth-order valence-electron chi connectivity index (χ4n) is 1.82. The Kier molecular flexibility index (Phi) is 5.43. The van der Waals surface area contributed by atoms with Crippen LogP contribution in [0.1, 0.15) is 17.6 Å². The second kappa shape index (κ2) is 7.51. The van der Waals surface area contributed by atoms with Gasteiger partial charge in [-0.2, -0.15) is 0 Å². The molecule has 0 bridgehead atoms. The number of ether oxygens (including phenoxy) is 2. The first-order chi connectivity index (χ1) is 10.6. The van der Waals surface area contributed by atoms with E-state index in [0.717, 1.165) is 0 Å². The number of aliphatic hydroxyl groups is 1. The Morgan fingerprint density at radius 2 is 1.91 bits per heavy atom. The fraction of sp³-hybridized carbons (Fsp3) is 0.312. The summed E-state index contributed by atoms with van der Waals surface area (Å²) >= 11 is 0. The van der Waals surface area contributed by atoms with Gasteiger partial charge in [0.05, 0.1) is 13.7 Å².